The number of rotatable bonds is 8. The molecule has 3 aromatic rings. The molecular weight excluding hydrogens is 446 g/mol. The maximum atomic E-state index is 12.2. The predicted molar refractivity (Wildman–Crippen MR) is 125 cm³/mol. The minimum Gasteiger partial charge on any atom is -0.493 e. The number of ether oxygens (including phenoxy) is 2. The van der Waals surface area contributed by atoms with Crippen molar-refractivity contribution < 1.29 is 19.2 Å². The minimum atomic E-state index is -0.529. The third kappa shape index (κ3) is 6.09. The van der Waals surface area contributed by atoms with Gasteiger partial charge in [-0.2, -0.15) is 5.26 Å². The van der Waals surface area contributed by atoms with Gasteiger partial charge in [-0.1, -0.05) is 41.9 Å². The van der Waals surface area contributed by atoms with E-state index < -0.39 is 4.92 Å². The minimum absolute atomic E-state index is 0.123. The zero-order valence-corrected chi connectivity index (χ0v) is 18.2. The first-order chi connectivity index (χ1) is 15.9. The number of carbonyl (C=O) groups excluding carboxylic acids is 1. The number of hydrogen-bond donors (Lipinski definition) is 1. The number of amides is 1. The molecule has 0 radical (unpaired) electrons. The van der Waals surface area contributed by atoms with Gasteiger partial charge in [0.05, 0.1) is 28.7 Å². The van der Waals surface area contributed by atoms with Crippen LogP contribution in [-0.2, 0) is 4.79 Å². The molecule has 1 amide bonds. The number of anilines is 1. The molecule has 0 atom stereocenters. The van der Waals surface area contributed by atoms with Crippen molar-refractivity contribution in [3.05, 3.63) is 93.0 Å². The maximum Gasteiger partial charge on any atom is 0.270 e. The molecule has 3 aromatic carbocycles. The number of nitrogens with zero attached hydrogens (tertiary/aromatic N) is 2. The van der Waals surface area contributed by atoms with Crippen LogP contribution in [0.15, 0.2) is 66.7 Å². The molecular formula is C24H18ClN3O5. The highest BCUT2D eigenvalue weighted by Gasteiger charge is 2.15. The molecule has 0 heterocycles. The monoisotopic (exact) mass is 463 g/mol. The molecule has 33 heavy (non-hydrogen) atoms. The molecule has 0 unspecified atom stereocenters. The highest BCUT2D eigenvalue weighted by Crippen LogP contribution is 2.37. The fourth-order valence-electron chi connectivity index (χ4n) is 2.95. The number of nitro groups is 1. The van der Waals surface area contributed by atoms with Crippen LogP contribution in [0.3, 0.4) is 0 Å². The first-order valence-corrected chi connectivity index (χ1v) is 10.0. The van der Waals surface area contributed by atoms with E-state index in [0.29, 0.717) is 16.8 Å². The van der Waals surface area contributed by atoms with Crippen LogP contribution in [0.25, 0.3) is 11.6 Å². The number of nitro benzene ring substituents is 1. The lowest BCUT2D eigenvalue weighted by Crippen LogP contribution is -2.20. The summed E-state index contributed by atoms with van der Waals surface area (Å²) in [5, 5.41) is 23.5. The summed E-state index contributed by atoms with van der Waals surface area (Å²) >= 11 is 6.36. The number of hydrogen-bond acceptors (Lipinski definition) is 6. The van der Waals surface area contributed by atoms with E-state index in [1.807, 2.05) is 12.1 Å². The van der Waals surface area contributed by atoms with Crippen LogP contribution in [-0.4, -0.2) is 24.5 Å². The molecule has 0 aliphatic carbocycles. The van der Waals surface area contributed by atoms with Gasteiger partial charge in [0.25, 0.3) is 11.6 Å². The summed E-state index contributed by atoms with van der Waals surface area (Å²) in [5.74, 6) is 0.0618. The molecule has 9 heteroatoms. The Labute approximate surface area is 194 Å². The lowest BCUT2D eigenvalue weighted by atomic mass is 10.0. The van der Waals surface area contributed by atoms with Crippen LogP contribution >= 0.6 is 11.6 Å². The first-order valence-electron chi connectivity index (χ1n) is 9.63. The fourth-order valence-corrected chi connectivity index (χ4v) is 3.23. The third-order valence-electron chi connectivity index (χ3n) is 4.46. The van der Waals surface area contributed by atoms with Crippen molar-refractivity contribution in [1.29, 1.82) is 5.26 Å². The Hall–Kier alpha value is -4.35. The van der Waals surface area contributed by atoms with Crippen molar-refractivity contribution >= 4 is 40.5 Å². The van der Waals surface area contributed by atoms with Crippen molar-refractivity contribution in [1.82, 2.24) is 0 Å². The average Bonchev–Trinajstić information content (AvgIpc) is 2.82. The summed E-state index contributed by atoms with van der Waals surface area (Å²) in [5.41, 5.74) is 1.62. The number of nitrogens with one attached hydrogen (secondary N) is 1. The molecule has 8 nitrogen and oxygen atoms in total. The van der Waals surface area contributed by atoms with Gasteiger partial charge in [0.15, 0.2) is 18.1 Å². The highest BCUT2D eigenvalue weighted by atomic mass is 35.5. The highest BCUT2D eigenvalue weighted by molar-refractivity contribution is 6.32. The van der Waals surface area contributed by atoms with E-state index in [9.17, 15) is 20.2 Å². The Morgan fingerprint density at radius 3 is 2.61 bits per heavy atom. The Balaban J connectivity index is 1.82. The van der Waals surface area contributed by atoms with E-state index in [2.05, 4.69) is 5.32 Å². The van der Waals surface area contributed by atoms with E-state index in [4.69, 9.17) is 21.1 Å². The summed E-state index contributed by atoms with van der Waals surface area (Å²) in [6, 6.07) is 19.9. The fraction of sp³-hybridized carbons (Fsp3) is 0.0833. The number of allylic oxidation sites excluding steroid dienone is 1. The Bertz CT molecular complexity index is 1250. The van der Waals surface area contributed by atoms with E-state index >= 15 is 0 Å². The third-order valence-corrected chi connectivity index (χ3v) is 4.74. The van der Waals surface area contributed by atoms with Crippen LogP contribution in [0.5, 0.6) is 11.5 Å². The number of carbonyl (C=O) groups is 1. The Morgan fingerprint density at radius 1 is 1.18 bits per heavy atom. The van der Waals surface area contributed by atoms with Crippen LogP contribution < -0.4 is 14.8 Å². The second-order valence-electron chi connectivity index (χ2n) is 6.71. The van der Waals surface area contributed by atoms with Gasteiger partial charge in [-0.05, 0) is 41.5 Å². The molecule has 0 saturated heterocycles. The van der Waals surface area contributed by atoms with E-state index in [0.717, 1.165) is 0 Å². The van der Waals surface area contributed by atoms with Gasteiger partial charge in [-0.3, -0.25) is 14.9 Å². The molecule has 0 fully saturated rings. The van der Waals surface area contributed by atoms with E-state index in [1.54, 1.807) is 42.5 Å². The maximum absolute atomic E-state index is 12.2. The number of para-hydroxylation sites is 1. The molecule has 0 aromatic heterocycles. The number of benzene rings is 3. The molecule has 0 spiro atoms. The predicted octanol–water partition coefficient (Wildman–Crippen LogP) is 5.34. The summed E-state index contributed by atoms with van der Waals surface area (Å²) in [7, 11) is 1.42. The second-order valence-corrected chi connectivity index (χ2v) is 7.12. The average molecular weight is 464 g/mol. The second kappa shape index (κ2) is 10.8. The van der Waals surface area contributed by atoms with Crippen LogP contribution in [0.2, 0.25) is 5.02 Å². The molecule has 0 aliphatic heterocycles. The molecule has 3 rings (SSSR count). The Morgan fingerprint density at radius 2 is 1.94 bits per heavy atom. The lowest BCUT2D eigenvalue weighted by Gasteiger charge is -2.13. The normalized spacial score (nSPS) is 10.8. The molecule has 0 saturated carbocycles. The number of nitriles is 1. The largest absolute Gasteiger partial charge is 0.493 e. The van der Waals surface area contributed by atoms with Gasteiger partial charge in [0.1, 0.15) is 0 Å². The van der Waals surface area contributed by atoms with Gasteiger partial charge in [-0.15, -0.1) is 0 Å². The topological polar surface area (TPSA) is 114 Å². The van der Waals surface area contributed by atoms with Crippen molar-refractivity contribution in [3.63, 3.8) is 0 Å². The van der Waals surface area contributed by atoms with Crippen molar-refractivity contribution in [2.24, 2.45) is 0 Å². The van der Waals surface area contributed by atoms with Crippen molar-refractivity contribution in [2.75, 3.05) is 19.0 Å². The van der Waals surface area contributed by atoms with Crippen LogP contribution in [0.4, 0.5) is 11.4 Å². The van der Waals surface area contributed by atoms with E-state index in [-0.39, 0.29) is 40.3 Å². The van der Waals surface area contributed by atoms with Gasteiger partial charge in [0, 0.05) is 17.8 Å². The quantitative estimate of drug-likeness (QED) is 0.209. The SMILES string of the molecule is COc1cc(/C=C(/C#N)c2cccc([N+](=O)[O-])c2)cc(Cl)c1OCC(=O)Nc1ccccc1. The van der Waals surface area contributed by atoms with Crippen LogP contribution in [0.1, 0.15) is 11.1 Å². The van der Waals surface area contributed by atoms with Gasteiger partial charge in [-0.25, -0.2) is 0 Å². The zero-order chi connectivity index (χ0) is 23.8. The molecule has 0 bridgehead atoms. The summed E-state index contributed by atoms with van der Waals surface area (Å²) in [6.45, 7) is -0.294. The summed E-state index contributed by atoms with van der Waals surface area (Å²) in [6.07, 6.45) is 1.53. The van der Waals surface area contributed by atoms with Crippen molar-refractivity contribution in [3.8, 4) is 17.6 Å². The van der Waals surface area contributed by atoms with Gasteiger partial charge >= 0.3 is 0 Å². The number of methoxy groups -OCH3 is 1. The van der Waals surface area contributed by atoms with E-state index in [1.165, 1.54) is 31.4 Å². The lowest BCUT2D eigenvalue weighted by molar-refractivity contribution is -0.384. The number of non-ortho nitro benzene ring substituents is 1. The smallest absolute Gasteiger partial charge is 0.270 e. The van der Waals surface area contributed by atoms with Gasteiger partial charge in [0.2, 0.25) is 0 Å². The summed E-state index contributed by atoms with van der Waals surface area (Å²) < 4.78 is 10.9. The zero-order valence-electron chi connectivity index (χ0n) is 17.4. The summed E-state index contributed by atoms with van der Waals surface area (Å²) in [4.78, 5) is 22.7. The first kappa shape index (κ1) is 23.3. The molecule has 0 aliphatic rings. The standard InChI is InChI=1S/C24H18ClN3O5/c1-32-22-12-16(10-18(14-26)17-6-5-9-20(13-17)28(30)31)11-21(25)24(22)33-15-23(29)27-19-7-3-2-4-8-19/h2-13H,15H2,1H3,(H,27,29)/b18-10-. The van der Waals surface area contributed by atoms with Gasteiger partial charge < -0.3 is 14.8 Å². The van der Waals surface area contributed by atoms with Crippen molar-refractivity contribution in [2.45, 2.75) is 0 Å². The number of halogens is 1. The molecule has 1 N–H and O–H groups in total. The van der Waals surface area contributed by atoms with Crippen LogP contribution in [0, 0.1) is 21.4 Å². The molecule has 166 valence electrons. The Kier molecular flexibility index (Phi) is 7.63.